The largest absolute Gasteiger partial charge is 0.379 e. The van der Waals surface area contributed by atoms with E-state index in [0.29, 0.717) is 0 Å². The summed E-state index contributed by atoms with van der Waals surface area (Å²) in [4.78, 5) is 2.39. The minimum absolute atomic E-state index is 0.390. The van der Waals surface area contributed by atoms with Crippen molar-refractivity contribution in [3.05, 3.63) is 0 Å². The summed E-state index contributed by atoms with van der Waals surface area (Å²) >= 11 is 0. The Morgan fingerprint density at radius 3 is 2.78 bits per heavy atom. The molecule has 106 valence electrons. The lowest BCUT2D eigenvalue weighted by molar-refractivity contribution is -0.251. The number of morpholine rings is 2. The molecule has 2 aliphatic heterocycles. The Morgan fingerprint density at radius 2 is 2.11 bits per heavy atom. The molecular weight excluding hydrogens is 232 g/mol. The Balaban J connectivity index is 1.71. The van der Waals surface area contributed by atoms with E-state index >= 15 is 0 Å². The van der Waals surface area contributed by atoms with Crippen molar-refractivity contribution < 1.29 is 14.2 Å². The van der Waals surface area contributed by atoms with Crippen LogP contribution in [-0.2, 0) is 14.2 Å². The molecular formula is C13H26N2O3. The van der Waals surface area contributed by atoms with E-state index in [0.717, 1.165) is 72.0 Å². The Morgan fingerprint density at radius 1 is 1.28 bits per heavy atom. The normalized spacial score (nSPS) is 30.5. The van der Waals surface area contributed by atoms with Gasteiger partial charge in [0.05, 0.1) is 26.4 Å². The summed E-state index contributed by atoms with van der Waals surface area (Å²) < 4.78 is 17.3. The van der Waals surface area contributed by atoms with Crippen LogP contribution in [0.5, 0.6) is 0 Å². The third-order valence-electron chi connectivity index (χ3n) is 3.55. The van der Waals surface area contributed by atoms with Crippen molar-refractivity contribution in [2.75, 3.05) is 59.2 Å². The highest BCUT2D eigenvalue weighted by atomic mass is 16.7. The molecule has 2 saturated heterocycles. The number of rotatable bonds is 6. The van der Waals surface area contributed by atoms with Gasteiger partial charge in [-0.2, -0.15) is 0 Å². The van der Waals surface area contributed by atoms with Crippen molar-refractivity contribution in [3.8, 4) is 0 Å². The molecule has 1 N–H and O–H groups in total. The smallest absolute Gasteiger partial charge is 0.180 e. The zero-order chi connectivity index (χ0) is 12.7. The van der Waals surface area contributed by atoms with Crippen LogP contribution in [0.1, 0.15) is 19.8 Å². The lowest BCUT2D eigenvalue weighted by atomic mass is 10.1. The Hall–Kier alpha value is -0.200. The average Bonchev–Trinajstić information content (AvgIpc) is 2.41. The SMILES string of the molecule is CCCC1(OCCN2CCOCC2)CNCCO1. The number of hydrogen-bond donors (Lipinski definition) is 1. The molecule has 0 bridgehead atoms. The third kappa shape index (κ3) is 4.17. The van der Waals surface area contributed by atoms with Crippen LogP contribution < -0.4 is 5.32 Å². The van der Waals surface area contributed by atoms with E-state index in [1.54, 1.807) is 0 Å². The maximum Gasteiger partial charge on any atom is 0.180 e. The average molecular weight is 258 g/mol. The highest BCUT2D eigenvalue weighted by Gasteiger charge is 2.33. The monoisotopic (exact) mass is 258 g/mol. The topological polar surface area (TPSA) is 43.0 Å². The van der Waals surface area contributed by atoms with Gasteiger partial charge >= 0.3 is 0 Å². The maximum absolute atomic E-state index is 6.05. The highest BCUT2D eigenvalue weighted by Crippen LogP contribution is 2.21. The molecule has 0 aromatic heterocycles. The standard InChI is InChI=1S/C13H26N2O3/c1-2-3-13(12-14-4-8-17-13)18-11-7-15-5-9-16-10-6-15/h14H,2-12H2,1H3. The molecule has 2 aliphatic rings. The molecule has 2 heterocycles. The first-order valence-electron chi connectivity index (χ1n) is 7.13. The Labute approximate surface area is 110 Å². The molecule has 0 aromatic carbocycles. The number of ether oxygens (including phenoxy) is 3. The predicted octanol–water partition coefficient (Wildman–Crippen LogP) is 0.451. The van der Waals surface area contributed by atoms with E-state index in [-0.39, 0.29) is 5.79 Å². The summed E-state index contributed by atoms with van der Waals surface area (Å²) in [7, 11) is 0. The second-order valence-electron chi connectivity index (χ2n) is 4.99. The molecule has 0 radical (unpaired) electrons. The molecule has 1 unspecified atom stereocenters. The lowest BCUT2D eigenvalue weighted by Gasteiger charge is -2.38. The van der Waals surface area contributed by atoms with Crippen LogP contribution in [0, 0.1) is 0 Å². The summed E-state index contributed by atoms with van der Waals surface area (Å²) in [5, 5.41) is 3.37. The third-order valence-corrected chi connectivity index (χ3v) is 3.55. The van der Waals surface area contributed by atoms with Crippen LogP contribution in [0.15, 0.2) is 0 Å². The van der Waals surface area contributed by atoms with Gasteiger partial charge in [-0.25, -0.2) is 0 Å². The molecule has 0 aromatic rings. The maximum atomic E-state index is 6.05. The molecule has 0 spiro atoms. The number of hydrogen-bond acceptors (Lipinski definition) is 5. The van der Waals surface area contributed by atoms with Gasteiger partial charge < -0.3 is 19.5 Å². The molecule has 0 saturated carbocycles. The van der Waals surface area contributed by atoms with Crippen molar-refractivity contribution in [3.63, 3.8) is 0 Å². The van der Waals surface area contributed by atoms with E-state index in [1.807, 2.05) is 0 Å². The minimum Gasteiger partial charge on any atom is -0.379 e. The summed E-state index contributed by atoms with van der Waals surface area (Å²) in [5.41, 5.74) is 0. The number of nitrogens with one attached hydrogen (secondary N) is 1. The fourth-order valence-electron chi connectivity index (χ4n) is 2.53. The van der Waals surface area contributed by atoms with Crippen LogP contribution in [0.2, 0.25) is 0 Å². The minimum atomic E-state index is -0.390. The summed E-state index contributed by atoms with van der Waals surface area (Å²) in [5.74, 6) is -0.390. The van der Waals surface area contributed by atoms with Gasteiger partial charge in [0.1, 0.15) is 0 Å². The zero-order valence-electron chi connectivity index (χ0n) is 11.5. The molecule has 2 fully saturated rings. The molecule has 0 amide bonds. The van der Waals surface area contributed by atoms with Gasteiger partial charge in [-0.15, -0.1) is 0 Å². The fraction of sp³-hybridized carbons (Fsp3) is 1.00. The molecule has 2 rings (SSSR count). The molecule has 0 aliphatic carbocycles. The molecule has 1 atom stereocenters. The highest BCUT2D eigenvalue weighted by molar-refractivity contribution is 4.77. The molecule has 5 heteroatoms. The molecule has 5 nitrogen and oxygen atoms in total. The first-order valence-corrected chi connectivity index (χ1v) is 7.13. The van der Waals surface area contributed by atoms with Crippen molar-refractivity contribution >= 4 is 0 Å². The number of nitrogens with zero attached hydrogens (tertiary/aromatic N) is 1. The molecule has 18 heavy (non-hydrogen) atoms. The van der Waals surface area contributed by atoms with Crippen LogP contribution in [0.4, 0.5) is 0 Å². The summed E-state index contributed by atoms with van der Waals surface area (Å²) in [6.07, 6.45) is 2.04. The second-order valence-corrected chi connectivity index (χ2v) is 4.99. The van der Waals surface area contributed by atoms with Gasteiger partial charge in [0.2, 0.25) is 0 Å². The van der Waals surface area contributed by atoms with Gasteiger partial charge in [0.25, 0.3) is 0 Å². The van der Waals surface area contributed by atoms with Crippen molar-refractivity contribution in [2.24, 2.45) is 0 Å². The van der Waals surface area contributed by atoms with E-state index in [2.05, 4.69) is 17.1 Å². The van der Waals surface area contributed by atoms with Gasteiger partial charge in [0.15, 0.2) is 5.79 Å². The van der Waals surface area contributed by atoms with Crippen LogP contribution in [-0.4, -0.2) is 69.8 Å². The van der Waals surface area contributed by atoms with Crippen molar-refractivity contribution in [1.82, 2.24) is 10.2 Å². The van der Waals surface area contributed by atoms with Gasteiger partial charge in [-0.3, -0.25) is 4.90 Å². The lowest BCUT2D eigenvalue weighted by Crippen LogP contribution is -2.52. The quantitative estimate of drug-likeness (QED) is 0.749. The van der Waals surface area contributed by atoms with Crippen molar-refractivity contribution in [2.45, 2.75) is 25.6 Å². The van der Waals surface area contributed by atoms with E-state index < -0.39 is 0 Å². The van der Waals surface area contributed by atoms with Crippen LogP contribution in [0.25, 0.3) is 0 Å². The first-order chi connectivity index (χ1) is 8.85. The van der Waals surface area contributed by atoms with Gasteiger partial charge in [0, 0.05) is 39.1 Å². The van der Waals surface area contributed by atoms with E-state index in [9.17, 15) is 0 Å². The van der Waals surface area contributed by atoms with Gasteiger partial charge in [-0.05, 0) is 0 Å². The zero-order valence-corrected chi connectivity index (χ0v) is 11.5. The second kappa shape index (κ2) is 7.40. The predicted molar refractivity (Wildman–Crippen MR) is 69.7 cm³/mol. The van der Waals surface area contributed by atoms with Gasteiger partial charge in [-0.1, -0.05) is 13.3 Å². The van der Waals surface area contributed by atoms with E-state index in [4.69, 9.17) is 14.2 Å². The summed E-state index contributed by atoms with van der Waals surface area (Å²) in [6, 6.07) is 0. The fourth-order valence-corrected chi connectivity index (χ4v) is 2.53. The van der Waals surface area contributed by atoms with Crippen LogP contribution >= 0.6 is 0 Å². The summed E-state index contributed by atoms with van der Waals surface area (Å²) in [6.45, 7) is 10.1. The Bertz CT molecular complexity index is 221. The Kier molecular flexibility index (Phi) is 5.85. The van der Waals surface area contributed by atoms with Crippen molar-refractivity contribution in [1.29, 1.82) is 0 Å². The van der Waals surface area contributed by atoms with Crippen LogP contribution in [0.3, 0.4) is 0 Å². The first kappa shape index (κ1) is 14.2. The van der Waals surface area contributed by atoms with E-state index in [1.165, 1.54) is 0 Å².